The number of aryl methyl sites for hydroxylation is 1. The summed E-state index contributed by atoms with van der Waals surface area (Å²) in [5, 5.41) is 7.66. The summed E-state index contributed by atoms with van der Waals surface area (Å²) in [6.45, 7) is 1.65. The number of nitrogens with one attached hydrogen (secondary N) is 1. The van der Waals surface area contributed by atoms with Crippen molar-refractivity contribution >= 4 is 0 Å². The van der Waals surface area contributed by atoms with Crippen LogP contribution in [0.5, 0.6) is 5.75 Å². The van der Waals surface area contributed by atoms with Gasteiger partial charge in [-0.3, -0.25) is 4.68 Å². The van der Waals surface area contributed by atoms with Gasteiger partial charge in [0.05, 0.1) is 12.4 Å². The van der Waals surface area contributed by atoms with Crippen LogP contribution in [0.25, 0.3) is 0 Å². The highest BCUT2D eigenvalue weighted by Gasteiger charge is 2.10. The number of aromatic nitrogens is 2. The van der Waals surface area contributed by atoms with Gasteiger partial charge in [-0.15, -0.1) is 0 Å². The lowest BCUT2D eigenvalue weighted by Crippen LogP contribution is -2.32. The minimum absolute atomic E-state index is 0.704. The lowest BCUT2D eigenvalue weighted by Gasteiger charge is -2.15. The van der Waals surface area contributed by atoms with Gasteiger partial charge in [-0.2, -0.15) is 5.10 Å². The molecule has 1 fully saturated rings. The molecule has 1 aliphatic carbocycles. The molecule has 1 aliphatic rings. The maximum atomic E-state index is 5.60. The Morgan fingerprint density at radius 2 is 2.12 bits per heavy atom. The maximum absolute atomic E-state index is 5.60. The highest BCUT2D eigenvalue weighted by molar-refractivity contribution is 5.11. The SMILES string of the molecule is Cn1cc(OCCNC2CCCCCC2)cn1. The smallest absolute Gasteiger partial charge is 0.157 e. The third-order valence-corrected chi connectivity index (χ3v) is 3.34. The molecule has 1 aromatic heterocycles. The van der Waals surface area contributed by atoms with Crippen molar-refractivity contribution in [2.45, 2.75) is 44.6 Å². The van der Waals surface area contributed by atoms with Crippen molar-refractivity contribution in [1.29, 1.82) is 0 Å². The van der Waals surface area contributed by atoms with Crippen molar-refractivity contribution in [3.05, 3.63) is 12.4 Å². The van der Waals surface area contributed by atoms with Crippen molar-refractivity contribution in [2.75, 3.05) is 13.2 Å². The molecule has 0 spiro atoms. The van der Waals surface area contributed by atoms with Gasteiger partial charge in [-0.1, -0.05) is 25.7 Å². The van der Waals surface area contributed by atoms with E-state index < -0.39 is 0 Å². The average Bonchev–Trinajstić information content (AvgIpc) is 2.59. The Labute approximate surface area is 103 Å². The van der Waals surface area contributed by atoms with Crippen molar-refractivity contribution in [3.8, 4) is 5.75 Å². The summed E-state index contributed by atoms with van der Waals surface area (Å²) in [5.74, 6) is 0.857. The van der Waals surface area contributed by atoms with E-state index in [-0.39, 0.29) is 0 Å². The van der Waals surface area contributed by atoms with Gasteiger partial charge in [0.1, 0.15) is 6.61 Å². The molecule has 0 unspecified atom stereocenters. The molecule has 1 heterocycles. The Hall–Kier alpha value is -1.03. The van der Waals surface area contributed by atoms with E-state index in [1.807, 2.05) is 13.2 Å². The first-order valence-corrected chi connectivity index (χ1v) is 6.69. The summed E-state index contributed by atoms with van der Waals surface area (Å²) < 4.78 is 7.36. The second-order valence-corrected chi connectivity index (χ2v) is 4.84. The second-order valence-electron chi connectivity index (χ2n) is 4.84. The first-order chi connectivity index (χ1) is 8.34. The van der Waals surface area contributed by atoms with Crippen molar-refractivity contribution in [2.24, 2.45) is 7.05 Å². The van der Waals surface area contributed by atoms with Crippen LogP contribution in [0.4, 0.5) is 0 Å². The Morgan fingerprint density at radius 1 is 1.35 bits per heavy atom. The fraction of sp³-hybridized carbons (Fsp3) is 0.769. The standard InChI is InChI=1S/C13H23N3O/c1-16-11-13(10-15-16)17-9-8-14-12-6-4-2-3-5-7-12/h10-12,14H,2-9H2,1H3. The Balaban J connectivity index is 1.59. The molecule has 96 valence electrons. The Bertz CT molecular complexity index is 316. The van der Waals surface area contributed by atoms with E-state index in [0.29, 0.717) is 6.04 Å². The predicted octanol–water partition coefficient (Wildman–Crippen LogP) is 2.11. The van der Waals surface area contributed by atoms with Crippen molar-refractivity contribution < 1.29 is 4.74 Å². The molecule has 0 aromatic carbocycles. The third-order valence-electron chi connectivity index (χ3n) is 3.34. The molecule has 17 heavy (non-hydrogen) atoms. The zero-order valence-corrected chi connectivity index (χ0v) is 10.7. The van der Waals surface area contributed by atoms with E-state index in [1.165, 1.54) is 38.5 Å². The van der Waals surface area contributed by atoms with E-state index >= 15 is 0 Å². The molecular weight excluding hydrogens is 214 g/mol. The number of nitrogens with zero attached hydrogens (tertiary/aromatic N) is 2. The van der Waals surface area contributed by atoms with Crippen LogP contribution < -0.4 is 10.1 Å². The van der Waals surface area contributed by atoms with Gasteiger partial charge >= 0.3 is 0 Å². The molecule has 2 rings (SSSR count). The minimum Gasteiger partial charge on any atom is -0.489 e. The van der Waals surface area contributed by atoms with Gasteiger partial charge in [-0.25, -0.2) is 0 Å². The highest BCUT2D eigenvalue weighted by Crippen LogP contribution is 2.16. The van der Waals surface area contributed by atoms with Gasteiger partial charge in [0.15, 0.2) is 5.75 Å². The summed E-state index contributed by atoms with van der Waals surface area (Å²) >= 11 is 0. The molecule has 0 radical (unpaired) electrons. The largest absolute Gasteiger partial charge is 0.489 e. The lowest BCUT2D eigenvalue weighted by atomic mass is 10.1. The molecule has 4 heteroatoms. The van der Waals surface area contributed by atoms with Gasteiger partial charge in [0, 0.05) is 19.6 Å². The van der Waals surface area contributed by atoms with E-state index in [2.05, 4.69) is 10.4 Å². The average molecular weight is 237 g/mol. The van der Waals surface area contributed by atoms with E-state index in [0.717, 1.165) is 18.9 Å². The summed E-state index contributed by atoms with van der Waals surface area (Å²) in [5.41, 5.74) is 0. The predicted molar refractivity (Wildman–Crippen MR) is 68.2 cm³/mol. The van der Waals surface area contributed by atoms with Gasteiger partial charge in [0.2, 0.25) is 0 Å². The molecule has 0 atom stereocenters. The highest BCUT2D eigenvalue weighted by atomic mass is 16.5. The van der Waals surface area contributed by atoms with E-state index in [9.17, 15) is 0 Å². The summed E-state index contributed by atoms with van der Waals surface area (Å²) in [4.78, 5) is 0. The van der Waals surface area contributed by atoms with Gasteiger partial charge in [0.25, 0.3) is 0 Å². The Kier molecular flexibility index (Phi) is 4.86. The summed E-state index contributed by atoms with van der Waals surface area (Å²) in [6.07, 6.45) is 11.9. The molecule has 1 aromatic rings. The Morgan fingerprint density at radius 3 is 2.76 bits per heavy atom. The molecule has 0 saturated heterocycles. The van der Waals surface area contributed by atoms with Gasteiger partial charge < -0.3 is 10.1 Å². The van der Waals surface area contributed by atoms with E-state index in [4.69, 9.17) is 4.74 Å². The normalized spacial score (nSPS) is 17.9. The van der Waals surface area contributed by atoms with Gasteiger partial charge in [-0.05, 0) is 12.8 Å². The van der Waals surface area contributed by atoms with Crippen LogP contribution in [-0.4, -0.2) is 29.0 Å². The van der Waals surface area contributed by atoms with E-state index in [1.54, 1.807) is 10.9 Å². The topological polar surface area (TPSA) is 39.1 Å². The molecule has 0 aliphatic heterocycles. The lowest BCUT2D eigenvalue weighted by molar-refractivity contribution is 0.300. The zero-order chi connectivity index (χ0) is 11.9. The third kappa shape index (κ3) is 4.38. The molecule has 4 nitrogen and oxygen atoms in total. The number of hydrogen-bond acceptors (Lipinski definition) is 3. The van der Waals surface area contributed by atoms with Crippen LogP contribution in [0.15, 0.2) is 12.4 Å². The minimum atomic E-state index is 0.704. The molecular formula is C13H23N3O. The number of ether oxygens (including phenoxy) is 1. The number of rotatable bonds is 5. The van der Waals surface area contributed by atoms with Crippen LogP contribution in [0.3, 0.4) is 0 Å². The first-order valence-electron chi connectivity index (χ1n) is 6.69. The maximum Gasteiger partial charge on any atom is 0.157 e. The fourth-order valence-electron chi connectivity index (χ4n) is 2.39. The molecule has 0 bridgehead atoms. The first kappa shape index (κ1) is 12.4. The monoisotopic (exact) mass is 237 g/mol. The molecule has 1 N–H and O–H groups in total. The second kappa shape index (κ2) is 6.64. The van der Waals surface area contributed by atoms with Crippen LogP contribution >= 0.6 is 0 Å². The molecule has 1 saturated carbocycles. The molecule has 0 amide bonds. The van der Waals surface area contributed by atoms with Crippen LogP contribution in [-0.2, 0) is 7.05 Å². The van der Waals surface area contributed by atoms with Crippen LogP contribution in [0.1, 0.15) is 38.5 Å². The summed E-state index contributed by atoms with van der Waals surface area (Å²) in [6, 6.07) is 0.704. The van der Waals surface area contributed by atoms with Crippen LogP contribution in [0.2, 0.25) is 0 Å². The number of hydrogen-bond donors (Lipinski definition) is 1. The zero-order valence-electron chi connectivity index (χ0n) is 10.7. The summed E-state index contributed by atoms with van der Waals surface area (Å²) in [7, 11) is 1.90. The van der Waals surface area contributed by atoms with Crippen LogP contribution in [0, 0.1) is 0 Å². The quantitative estimate of drug-likeness (QED) is 0.630. The fourth-order valence-corrected chi connectivity index (χ4v) is 2.39. The van der Waals surface area contributed by atoms with Crippen molar-refractivity contribution in [1.82, 2.24) is 15.1 Å². The van der Waals surface area contributed by atoms with Crippen molar-refractivity contribution in [3.63, 3.8) is 0 Å².